The molecule has 4 aromatic rings. The third-order valence-electron chi connectivity index (χ3n) is 6.96. The maximum atomic E-state index is 13.0. The van der Waals surface area contributed by atoms with Crippen LogP contribution in [0.5, 0.6) is 5.75 Å². The molecular weight excluding hydrogens is 564 g/mol. The van der Waals surface area contributed by atoms with E-state index >= 15 is 0 Å². The quantitative estimate of drug-likeness (QED) is 0.245. The number of aromatic nitrogens is 1. The van der Waals surface area contributed by atoms with Crippen molar-refractivity contribution in [1.29, 1.82) is 0 Å². The van der Waals surface area contributed by atoms with Crippen molar-refractivity contribution in [2.45, 2.75) is 31.1 Å². The van der Waals surface area contributed by atoms with Crippen molar-refractivity contribution in [3.63, 3.8) is 0 Å². The summed E-state index contributed by atoms with van der Waals surface area (Å²) in [7, 11) is 0.821. The van der Waals surface area contributed by atoms with Crippen LogP contribution in [-0.4, -0.2) is 58.0 Å². The van der Waals surface area contributed by atoms with E-state index in [2.05, 4.69) is 21.1 Å². The van der Waals surface area contributed by atoms with Crippen molar-refractivity contribution in [3.8, 4) is 5.75 Å². The van der Waals surface area contributed by atoms with E-state index in [0.717, 1.165) is 27.6 Å². The summed E-state index contributed by atoms with van der Waals surface area (Å²) in [6.07, 6.45) is 0.644. The summed E-state index contributed by atoms with van der Waals surface area (Å²) < 4.78 is 33.5. The van der Waals surface area contributed by atoms with Crippen LogP contribution < -0.4 is 14.8 Å². The van der Waals surface area contributed by atoms with Gasteiger partial charge in [0.05, 0.1) is 12.0 Å². The highest BCUT2D eigenvalue weighted by Gasteiger charge is 2.24. The number of halogens is 1. The van der Waals surface area contributed by atoms with Gasteiger partial charge < -0.3 is 19.9 Å². The van der Waals surface area contributed by atoms with Gasteiger partial charge in [0.25, 0.3) is 15.9 Å². The molecule has 0 radical (unpaired) electrons. The molecule has 0 spiro atoms. The van der Waals surface area contributed by atoms with Gasteiger partial charge in [0.2, 0.25) is 0 Å². The Morgan fingerprint density at radius 3 is 2.49 bits per heavy atom. The number of nitrogens with zero attached hydrogens (tertiary/aromatic N) is 1. The Hall–Kier alpha value is -4.02. The van der Waals surface area contributed by atoms with E-state index in [1.807, 2.05) is 19.1 Å². The molecule has 3 aromatic carbocycles. The predicted octanol–water partition coefficient (Wildman–Crippen LogP) is 5.22. The minimum absolute atomic E-state index is 0.0407. The Labute approximate surface area is 244 Å². The van der Waals surface area contributed by atoms with Gasteiger partial charge in [-0.15, -0.1) is 0 Å². The molecule has 0 aliphatic carbocycles. The van der Waals surface area contributed by atoms with Crippen LogP contribution in [-0.2, 0) is 16.4 Å². The number of aryl methyl sites for hydroxylation is 1. The van der Waals surface area contributed by atoms with Crippen LogP contribution in [0.4, 0.5) is 4.79 Å². The molecule has 1 aromatic heterocycles. The van der Waals surface area contributed by atoms with Crippen molar-refractivity contribution in [2.24, 2.45) is 0 Å². The zero-order valence-corrected chi connectivity index (χ0v) is 25.1. The van der Waals surface area contributed by atoms with Gasteiger partial charge >= 0.3 is 6.03 Å². The Balaban J connectivity index is 1.60. The summed E-state index contributed by atoms with van der Waals surface area (Å²) in [5.74, 6) is -0.573. The first kappa shape index (κ1) is 30.0. The topological polar surface area (TPSA) is 121 Å². The molecule has 1 unspecified atom stereocenters. The number of methoxy groups -OCH3 is 1. The normalized spacial score (nSPS) is 12.1. The molecule has 9 nitrogen and oxygen atoms in total. The average Bonchev–Trinajstić information content (AvgIpc) is 3.26. The van der Waals surface area contributed by atoms with Crippen molar-refractivity contribution in [3.05, 3.63) is 93.6 Å². The molecule has 0 fully saturated rings. The monoisotopic (exact) mass is 596 g/mol. The number of benzene rings is 3. The van der Waals surface area contributed by atoms with Gasteiger partial charge in [-0.05, 0) is 54.8 Å². The third kappa shape index (κ3) is 6.49. The fourth-order valence-corrected chi connectivity index (χ4v) is 6.33. The molecule has 1 atom stereocenters. The third-order valence-corrected chi connectivity index (χ3v) is 8.75. The highest BCUT2D eigenvalue weighted by molar-refractivity contribution is 7.90. The van der Waals surface area contributed by atoms with Crippen LogP contribution in [0.2, 0.25) is 5.15 Å². The average molecular weight is 597 g/mol. The molecule has 0 aliphatic rings. The molecule has 4 rings (SSSR count). The Kier molecular flexibility index (Phi) is 8.94. The summed E-state index contributed by atoms with van der Waals surface area (Å²) >= 11 is 6.68. The number of hydrogen-bond donors (Lipinski definition) is 3. The maximum absolute atomic E-state index is 13.0. The van der Waals surface area contributed by atoms with Crippen LogP contribution in [0.15, 0.2) is 65.6 Å². The van der Waals surface area contributed by atoms with E-state index in [0.29, 0.717) is 29.4 Å². The van der Waals surface area contributed by atoms with E-state index in [1.165, 1.54) is 24.1 Å². The molecule has 0 saturated heterocycles. The van der Waals surface area contributed by atoms with Gasteiger partial charge in [-0.1, -0.05) is 48.9 Å². The van der Waals surface area contributed by atoms with Crippen molar-refractivity contribution < 1.29 is 22.7 Å². The number of nitrogens with one attached hydrogen (secondary N) is 3. The molecule has 216 valence electrons. The number of rotatable bonds is 9. The first-order valence-electron chi connectivity index (χ1n) is 13.0. The summed E-state index contributed by atoms with van der Waals surface area (Å²) in [5.41, 5.74) is 4.22. The SMILES string of the molecule is COc1cc(C(=O)NS(=O)(=O)c2ccccc2C)ccc1C(C)c1c(Cl)[nH]c2ccc(CCNC(=O)N(C)C)cc12. The molecule has 3 N–H and O–H groups in total. The lowest BCUT2D eigenvalue weighted by atomic mass is 9.90. The highest BCUT2D eigenvalue weighted by atomic mass is 35.5. The largest absolute Gasteiger partial charge is 0.496 e. The maximum Gasteiger partial charge on any atom is 0.316 e. The van der Waals surface area contributed by atoms with Gasteiger partial charge in [-0.2, -0.15) is 0 Å². The van der Waals surface area contributed by atoms with Gasteiger partial charge in [-0.25, -0.2) is 17.9 Å². The van der Waals surface area contributed by atoms with E-state index in [9.17, 15) is 18.0 Å². The Morgan fingerprint density at radius 1 is 1.07 bits per heavy atom. The lowest BCUT2D eigenvalue weighted by Gasteiger charge is -2.18. The van der Waals surface area contributed by atoms with Crippen molar-refractivity contribution >= 4 is 44.5 Å². The van der Waals surface area contributed by atoms with Gasteiger partial charge in [-0.3, -0.25) is 4.79 Å². The number of carbonyl (C=O) groups is 2. The second-order valence-electron chi connectivity index (χ2n) is 9.99. The zero-order valence-electron chi connectivity index (χ0n) is 23.5. The van der Waals surface area contributed by atoms with Crippen molar-refractivity contribution in [2.75, 3.05) is 27.7 Å². The second kappa shape index (κ2) is 12.2. The second-order valence-corrected chi connectivity index (χ2v) is 12.0. The van der Waals surface area contributed by atoms with Crippen LogP contribution in [0.3, 0.4) is 0 Å². The summed E-state index contributed by atoms with van der Waals surface area (Å²) in [4.78, 5) is 29.6. The number of fused-ring (bicyclic) bond motifs is 1. The number of amides is 3. The lowest BCUT2D eigenvalue weighted by Crippen LogP contribution is -2.35. The van der Waals surface area contributed by atoms with E-state index in [1.54, 1.807) is 51.4 Å². The van der Waals surface area contributed by atoms with Crippen LogP contribution in [0.25, 0.3) is 10.9 Å². The molecular formula is C30H33ClN4O5S. The van der Waals surface area contributed by atoms with Gasteiger partial charge in [0.1, 0.15) is 10.9 Å². The van der Waals surface area contributed by atoms with Crippen LogP contribution >= 0.6 is 11.6 Å². The first-order valence-corrected chi connectivity index (χ1v) is 14.8. The number of ether oxygens (including phenoxy) is 1. The van der Waals surface area contributed by atoms with E-state index in [-0.39, 0.29) is 22.4 Å². The molecule has 3 amide bonds. The first-order chi connectivity index (χ1) is 19.4. The number of H-pyrrole nitrogens is 1. The summed E-state index contributed by atoms with van der Waals surface area (Å²) in [5, 5.41) is 4.29. The molecule has 0 aliphatic heterocycles. The molecule has 0 bridgehead atoms. The van der Waals surface area contributed by atoms with Crippen LogP contribution in [0, 0.1) is 6.92 Å². The van der Waals surface area contributed by atoms with E-state index < -0.39 is 15.9 Å². The van der Waals surface area contributed by atoms with Crippen LogP contribution in [0.1, 0.15) is 45.5 Å². The smallest absolute Gasteiger partial charge is 0.316 e. The standard InChI is InChI=1S/C30H33ClN4O5S/c1-18-8-6-7-9-26(18)41(38,39)34-29(36)21-11-12-22(25(17-21)40-5)19(2)27-23-16-20(10-13-24(23)33-28(27)31)14-15-32-30(37)35(3)4/h6-13,16-17,19,33H,14-15H2,1-5H3,(H,32,37)(H,34,36). The Morgan fingerprint density at radius 2 is 1.80 bits per heavy atom. The zero-order chi connectivity index (χ0) is 29.9. The fraction of sp³-hybridized carbons (Fsp3) is 0.267. The predicted molar refractivity (Wildman–Crippen MR) is 160 cm³/mol. The van der Waals surface area contributed by atoms with Gasteiger partial charge in [0, 0.05) is 54.2 Å². The minimum atomic E-state index is -4.06. The number of urea groups is 1. The molecule has 11 heteroatoms. The summed E-state index contributed by atoms with van der Waals surface area (Å²) in [6, 6.07) is 17.1. The summed E-state index contributed by atoms with van der Waals surface area (Å²) in [6.45, 7) is 4.14. The number of hydrogen-bond acceptors (Lipinski definition) is 5. The number of carbonyl (C=O) groups excluding carboxylic acids is 2. The number of aromatic amines is 1. The highest BCUT2D eigenvalue weighted by Crippen LogP contribution is 2.40. The molecule has 41 heavy (non-hydrogen) atoms. The molecule has 0 saturated carbocycles. The molecule has 1 heterocycles. The van der Waals surface area contributed by atoms with Crippen molar-refractivity contribution in [1.82, 2.24) is 19.9 Å². The van der Waals surface area contributed by atoms with E-state index in [4.69, 9.17) is 16.3 Å². The van der Waals surface area contributed by atoms with Gasteiger partial charge in [0.15, 0.2) is 0 Å². The fourth-order valence-electron chi connectivity index (χ4n) is 4.74. The minimum Gasteiger partial charge on any atom is -0.496 e. The number of sulfonamides is 1. The lowest BCUT2D eigenvalue weighted by molar-refractivity contribution is 0.0981. The Bertz CT molecular complexity index is 1720.